The number of carbonyl (C=O) groups is 1. The molecule has 4 N–H and O–H groups in total. The number of amides is 1. The molecule has 1 amide bonds. The average Bonchev–Trinajstić information content (AvgIpc) is 2.74. The first-order valence-corrected chi connectivity index (χ1v) is 11.4. The van der Waals surface area contributed by atoms with Crippen LogP contribution in [0.1, 0.15) is 18.5 Å². The molecular formula is C21H28N4O4S. The van der Waals surface area contributed by atoms with E-state index in [-0.39, 0.29) is 16.8 Å². The zero-order valence-corrected chi connectivity index (χ0v) is 17.8. The zero-order chi connectivity index (χ0) is 21.6. The number of nitrogens with one attached hydrogen (secondary N) is 2. The van der Waals surface area contributed by atoms with E-state index in [0.29, 0.717) is 18.9 Å². The van der Waals surface area contributed by atoms with Gasteiger partial charge < -0.3 is 10.1 Å². The standard InChI is InChI=1S/C21H28N4O4S/c1-16(21(26)24-18-7-9-19(10-8-18)30(22,27)28)23-20(17-5-3-2-4-6-17)15-25-11-13-29-14-12-25/h2-10,16,20,23H,11-15H2,1H3,(H,24,26)(H2,22,27,28)/t16-,20+/m0/s1. The van der Waals surface area contributed by atoms with E-state index in [1.54, 1.807) is 0 Å². The van der Waals surface area contributed by atoms with E-state index in [1.165, 1.54) is 24.3 Å². The van der Waals surface area contributed by atoms with E-state index in [2.05, 4.69) is 27.7 Å². The number of hydrogen-bond donors (Lipinski definition) is 3. The summed E-state index contributed by atoms with van der Waals surface area (Å²) in [5.74, 6) is -0.207. The molecule has 0 aliphatic carbocycles. The number of hydrogen-bond acceptors (Lipinski definition) is 6. The third-order valence-electron chi connectivity index (χ3n) is 5.04. The molecule has 0 aromatic heterocycles. The molecule has 162 valence electrons. The number of sulfonamides is 1. The fraction of sp³-hybridized carbons (Fsp3) is 0.381. The molecule has 3 rings (SSSR count). The third kappa shape index (κ3) is 6.35. The van der Waals surface area contributed by atoms with E-state index in [0.717, 1.165) is 25.2 Å². The summed E-state index contributed by atoms with van der Waals surface area (Å²) in [7, 11) is -3.76. The molecule has 2 aromatic carbocycles. The van der Waals surface area contributed by atoms with Crippen LogP contribution in [0.3, 0.4) is 0 Å². The van der Waals surface area contributed by atoms with Crippen molar-refractivity contribution in [1.82, 2.24) is 10.2 Å². The summed E-state index contributed by atoms with van der Waals surface area (Å²) in [6, 6.07) is 15.3. The predicted molar refractivity (Wildman–Crippen MR) is 115 cm³/mol. The second-order valence-corrected chi connectivity index (χ2v) is 8.88. The molecule has 2 atom stereocenters. The summed E-state index contributed by atoms with van der Waals surface area (Å²) in [5.41, 5.74) is 1.62. The normalized spacial score (nSPS) is 17.3. The first-order chi connectivity index (χ1) is 14.3. The van der Waals surface area contributed by atoms with Gasteiger partial charge in [-0.2, -0.15) is 0 Å². The van der Waals surface area contributed by atoms with Crippen molar-refractivity contribution in [1.29, 1.82) is 0 Å². The maximum absolute atomic E-state index is 12.7. The van der Waals surface area contributed by atoms with Gasteiger partial charge >= 0.3 is 0 Å². The Morgan fingerprint density at radius 2 is 1.73 bits per heavy atom. The molecule has 30 heavy (non-hydrogen) atoms. The van der Waals surface area contributed by atoms with Crippen LogP contribution in [0, 0.1) is 0 Å². The largest absolute Gasteiger partial charge is 0.379 e. The van der Waals surface area contributed by atoms with Crippen LogP contribution in [0.5, 0.6) is 0 Å². The Morgan fingerprint density at radius 3 is 2.33 bits per heavy atom. The van der Waals surface area contributed by atoms with Crippen molar-refractivity contribution in [2.24, 2.45) is 5.14 Å². The van der Waals surface area contributed by atoms with Crippen molar-refractivity contribution in [3.8, 4) is 0 Å². The molecule has 0 bridgehead atoms. The van der Waals surface area contributed by atoms with E-state index in [4.69, 9.17) is 9.88 Å². The number of rotatable bonds is 8. The number of ether oxygens (including phenoxy) is 1. The van der Waals surface area contributed by atoms with E-state index in [9.17, 15) is 13.2 Å². The Morgan fingerprint density at radius 1 is 1.10 bits per heavy atom. The van der Waals surface area contributed by atoms with Gasteiger partial charge in [-0.05, 0) is 36.8 Å². The van der Waals surface area contributed by atoms with Gasteiger partial charge in [0.1, 0.15) is 0 Å². The lowest BCUT2D eigenvalue weighted by atomic mass is 10.0. The molecule has 0 radical (unpaired) electrons. The molecule has 0 saturated carbocycles. The van der Waals surface area contributed by atoms with E-state index in [1.807, 2.05) is 25.1 Å². The SMILES string of the molecule is C[C@H](N[C@H](CN1CCOCC1)c1ccccc1)C(=O)Nc1ccc(S(N)(=O)=O)cc1. The van der Waals surface area contributed by atoms with Crippen molar-refractivity contribution >= 4 is 21.6 Å². The second-order valence-electron chi connectivity index (χ2n) is 7.32. The van der Waals surface area contributed by atoms with Crippen molar-refractivity contribution in [3.05, 3.63) is 60.2 Å². The summed E-state index contributed by atoms with van der Waals surface area (Å²) in [5, 5.41) is 11.3. The summed E-state index contributed by atoms with van der Waals surface area (Å²) in [6.45, 7) is 5.74. The van der Waals surface area contributed by atoms with Crippen LogP contribution in [0.2, 0.25) is 0 Å². The lowest BCUT2D eigenvalue weighted by Gasteiger charge is -2.32. The highest BCUT2D eigenvalue weighted by atomic mass is 32.2. The molecular weight excluding hydrogens is 404 g/mol. The van der Waals surface area contributed by atoms with Gasteiger partial charge in [0.2, 0.25) is 15.9 Å². The maximum atomic E-state index is 12.7. The van der Waals surface area contributed by atoms with E-state index < -0.39 is 16.1 Å². The number of carbonyl (C=O) groups excluding carboxylic acids is 1. The average molecular weight is 433 g/mol. The summed E-state index contributed by atoms with van der Waals surface area (Å²) in [6.07, 6.45) is 0. The third-order valence-corrected chi connectivity index (χ3v) is 5.97. The van der Waals surface area contributed by atoms with Crippen molar-refractivity contribution in [2.45, 2.75) is 23.9 Å². The van der Waals surface area contributed by atoms with Crippen LogP contribution in [0.15, 0.2) is 59.5 Å². The number of anilines is 1. The number of nitrogens with zero attached hydrogens (tertiary/aromatic N) is 1. The molecule has 1 fully saturated rings. The minimum absolute atomic E-state index is 0.00123. The number of nitrogens with two attached hydrogens (primary N) is 1. The molecule has 0 unspecified atom stereocenters. The monoisotopic (exact) mass is 432 g/mol. The number of morpholine rings is 1. The minimum atomic E-state index is -3.76. The fourth-order valence-electron chi connectivity index (χ4n) is 3.34. The Labute approximate surface area is 177 Å². The van der Waals surface area contributed by atoms with Gasteiger partial charge in [-0.15, -0.1) is 0 Å². The molecule has 8 nitrogen and oxygen atoms in total. The van der Waals surface area contributed by atoms with Crippen LogP contribution < -0.4 is 15.8 Å². The van der Waals surface area contributed by atoms with Gasteiger partial charge in [0.25, 0.3) is 0 Å². The van der Waals surface area contributed by atoms with Crippen molar-refractivity contribution in [3.63, 3.8) is 0 Å². The van der Waals surface area contributed by atoms with Gasteiger partial charge in [0.05, 0.1) is 24.2 Å². The molecule has 1 heterocycles. The predicted octanol–water partition coefficient (Wildman–Crippen LogP) is 1.32. The molecule has 9 heteroatoms. The minimum Gasteiger partial charge on any atom is -0.379 e. The smallest absolute Gasteiger partial charge is 0.241 e. The highest BCUT2D eigenvalue weighted by molar-refractivity contribution is 7.89. The van der Waals surface area contributed by atoms with Gasteiger partial charge in [-0.3, -0.25) is 15.0 Å². The quantitative estimate of drug-likeness (QED) is 0.580. The van der Waals surface area contributed by atoms with Gasteiger partial charge in [-0.25, -0.2) is 13.6 Å². The molecule has 1 saturated heterocycles. The molecule has 1 aliphatic rings. The van der Waals surface area contributed by atoms with Crippen LogP contribution in [0.4, 0.5) is 5.69 Å². The first kappa shape index (κ1) is 22.4. The lowest BCUT2D eigenvalue weighted by Crippen LogP contribution is -2.46. The van der Waals surface area contributed by atoms with Crippen LogP contribution >= 0.6 is 0 Å². The topological polar surface area (TPSA) is 114 Å². The Kier molecular flexibility index (Phi) is 7.57. The second kappa shape index (κ2) is 10.1. The Hall–Kier alpha value is -2.30. The molecule has 0 spiro atoms. The zero-order valence-electron chi connectivity index (χ0n) is 17.0. The van der Waals surface area contributed by atoms with Crippen molar-refractivity contribution in [2.75, 3.05) is 38.2 Å². The molecule has 1 aliphatic heterocycles. The summed E-state index contributed by atoms with van der Waals surface area (Å²) in [4.78, 5) is 15.0. The lowest BCUT2D eigenvalue weighted by molar-refractivity contribution is -0.118. The summed E-state index contributed by atoms with van der Waals surface area (Å²) >= 11 is 0. The van der Waals surface area contributed by atoms with Crippen LogP contribution in [-0.4, -0.2) is 58.1 Å². The maximum Gasteiger partial charge on any atom is 0.241 e. The van der Waals surface area contributed by atoms with Gasteiger partial charge in [0, 0.05) is 31.4 Å². The first-order valence-electron chi connectivity index (χ1n) is 9.88. The van der Waals surface area contributed by atoms with Crippen LogP contribution in [-0.2, 0) is 19.6 Å². The van der Waals surface area contributed by atoms with Crippen LogP contribution in [0.25, 0.3) is 0 Å². The number of primary sulfonamides is 1. The highest BCUT2D eigenvalue weighted by Gasteiger charge is 2.23. The fourth-order valence-corrected chi connectivity index (χ4v) is 3.85. The Balaban J connectivity index is 1.65. The van der Waals surface area contributed by atoms with Gasteiger partial charge in [-0.1, -0.05) is 30.3 Å². The van der Waals surface area contributed by atoms with Gasteiger partial charge in [0.15, 0.2) is 0 Å². The number of benzene rings is 2. The van der Waals surface area contributed by atoms with Crippen molar-refractivity contribution < 1.29 is 17.9 Å². The molecule has 2 aromatic rings. The Bertz CT molecular complexity index is 929. The highest BCUT2D eigenvalue weighted by Crippen LogP contribution is 2.17. The summed E-state index contributed by atoms with van der Waals surface area (Å²) < 4.78 is 28.2. The van der Waals surface area contributed by atoms with E-state index >= 15 is 0 Å².